The summed E-state index contributed by atoms with van der Waals surface area (Å²) in [4.78, 5) is 13.6. The summed E-state index contributed by atoms with van der Waals surface area (Å²) in [6, 6.07) is 7.01. The highest BCUT2D eigenvalue weighted by Gasteiger charge is 2.25. The van der Waals surface area contributed by atoms with Crippen LogP contribution in [0.3, 0.4) is 0 Å². The Hall–Kier alpha value is -1.14. The third-order valence-corrected chi connectivity index (χ3v) is 3.31. The van der Waals surface area contributed by atoms with Gasteiger partial charge in [-0.15, -0.1) is 0 Å². The van der Waals surface area contributed by atoms with E-state index in [1.807, 2.05) is 0 Å². The first-order valence-corrected chi connectivity index (χ1v) is 6.72. The minimum Gasteiger partial charge on any atom is -0.396 e. The van der Waals surface area contributed by atoms with Gasteiger partial charge in [0, 0.05) is 12.0 Å². The van der Waals surface area contributed by atoms with Crippen LogP contribution in [0, 0.1) is 5.41 Å². The molecule has 1 aromatic rings. The molecule has 0 atom stereocenters. The molecule has 20 heavy (non-hydrogen) atoms. The second-order valence-corrected chi connectivity index (χ2v) is 5.73. The highest BCUT2D eigenvalue weighted by atomic mass is 35.5. The molecule has 0 heterocycles. The van der Waals surface area contributed by atoms with E-state index in [0.717, 1.165) is 0 Å². The van der Waals surface area contributed by atoms with Gasteiger partial charge >= 0.3 is 0 Å². The van der Waals surface area contributed by atoms with Crippen LogP contribution >= 0.6 is 11.6 Å². The molecule has 112 valence electrons. The van der Waals surface area contributed by atoms with Gasteiger partial charge in [-0.25, -0.2) is 0 Å². The Morgan fingerprint density at radius 2 is 1.95 bits per heavy atom. The molecule has 0 aliphatic heterocycles. The van der Waals surface area contributed by atoms with Crippen LogP contribution in [0.5, 0.6) is 0 Å². The van der Waals surface area contributed by atoms with Crippen molar-refractivity contribution in [3.63, 3.8) is 0 Å². The molecule has 0 aliphatic carbocycles. The Labute approximate surface area is 124 Å². The van der Waals surface area contributed by atoms with E-state index >= 15 is 0 Å². The van der Waals surface area contributed by atoms with Gasteiger partial charge in [0.15, 0.2) is 0 Å². The lowest BCUT2D eigenvalue weighted by molar-refractivity contribution is -0.117. The Morgan fingerprint density at radius 1 is 1.35 bits per heavy atom. The largest absolute Gasteiger partial charge is 0.396 e. The molecule has 0 radical (unpaired) electrons. The number of rotatable bonds is 7. The van der Waals surface area contributed by atoms with Crippen LogP contribution in [0.15, 0.2) is 24.3 Å². The van der Waals surface area contributed by atoms with Crippen molar-refractivity contribution in [2.24, 2.45) is 5.41 Å². The maximum absolute atomic E-state index is 11.9. The quantitative estimate of drug-likeness (QED) is 0.707. The predicted octanol–water partition coefficient (Wildman–Crippen LogP) is 1.20. The van der Waals surface area contributed by atoms with E-state index in [2.05, 4.69) is 5.32 Å². The number of aliphatic hydroxyl groups excluding tert-OH is 2. The van der Waals surface area contributed by atoms with Crippen molar-refractivity contribution in [3.8, 4) is 0 Å². The second-order valence-electron chi connectivity index (χ2n) is 5.33. The van der Waals surface area contributed by atoms with Gasteiger partial charge < -0.3 is 15.5 Å². The van der Waals surface area contributed by atoms with Gasteiger partial charge in [0.25, 0.3) is 0 Å². The highest BCUT2D eigenvalue weighted by Crippen LogP contribution is 2.20. The zero-order chi connectivity index (χ0) is 15.2. The van der Waals surface area contributed by atoms with Crippen molar-refractivity contribution < 1.29 is 15.0 Å². The average molecular weight is 301 g/mol. The molecule has 3 N–H and O–H groups in total. The minimum absolute atomic E-state index is 0.139. The molecule has 1 aromatic carbocycles. The molecule has 5 nitrogen and oxygen atoms in total. The lowest BCUT2D eigenvalue weighted by atomic mass is 9.92. The van der Waals surface area contributed by atoms with Crippen molar-refractivity contribution in [1.29, 1.82) is 0 Å². The van der Waals surface area contributed by atoms with E-state index in [4.69, 9.17) is 11.6 Å². The summed E-state index contributed by atoms with van der Waals surface area (Å²) in [5.41, 5.74) is -0.0565. The first-order chi connectivity index (χ1) is 9.40. The van der Waals surface area contributed by atoms with Crippen molar-refractivity contribution in [2.75, 3.05) is 38.7 Å². The molecule has 0 spiro atoms. The number of carbonyl (C=O) groups excluding carboxylic acids is 1. The molecular weight excluding hydrogens is 280 g/mol. The van der Waals surface area contributed by atoms with Gasteiger partial charge in [0.2, 0.25) is 5.91 Å². The standard InChI is InChI=1S/C14H21ClN2O3/c1-14(9-18,10-19)8-17(2)7-13(20)16-12-6-4-3-5-11(12)15/h3-6,18-19H,7-10H2,1-2H3,(H,16,20). The number of amides is 1. The number of aliphatic hydroxyl groups is 2. The van der Waals surface area contributed by atoms with Crippen molar-refractivity contribution >= 4 is 23.2 Å². The lowest BCUT2D eigenvalue weighted by Crippen LogP contribution is -2.41. The number of hydrogen-bond donors (Lipinski definition) is 3. The number of halogens is 1. The molecule has 0 aliphatic rings. The lowest BCUT2D eigenvalue weighted by Gasteiger charge is -2.29. The number of anilines is 1. The SMILES string of the molecule is CN(CC(=O)Nc1ccccc1Cl)CC(C)(CO)CO. The van der Waals surface area contributed by atoms with Gasteiger partial charge in [0.1, 0.15) is 0 Å². The van der Waals surface area contributed by atoms with E-state index in [-0.39, 0.29) is 25.7 Å². The Kier molecular flexibility index (Phi) is 6.42. The van der Waals surface area contributed by atoms with Gasteiger partial charge in [-0.3, -0.25) is 9.69 Å². The second kappa shape index (κ2) is 7.59. The van der Waals surface area contributed by atoms with Gasteiger partial charge in [-0.05, 0) is 19.2 Å². The molecule has 1 amide bonds. The molecule has 0 saturated heterocycles. The maximum Gasteiger partial charge on any atom is 0.238 e. The number of likely N-dealkylation sites (N-methyl/N-ethyl adjacent to an activating group) is 1. The molecule has 0 fully saturated rings. The molecule has 0 bridgehead atoms. The van der Waals surface area contributed by atoms with Crippen molar-refractivity contribution in [1.82, 2.24) is 4.90 Å². The molecular formula is C14H21ClN2O3. The Balaban J connectivity index is 2.52. The van der Waals surface area contributed by atoms with Crippen molar-refractivity contribution in [2.45, 2.75) is 6.92 Å². The normalized spacial score (nSPS) is 11.7. The fourth-order valence-corrected chi connectivity index (χ4v) is 2.04. The van der Waals surface area contributed by atoms with Crippen molar-refractivity contribution in [3.05, 3.63) is 29.3 Å². The number of benzene rings is 1. The van der Waals surface area contributed by atoms with E-state index < -0.39 is 5.41 Å². The first-order valence-electron chi connectivity index (χ1n) is 6.35. The van der Waals surface area contributed by atoms with Gasteiger partial charge in [-0.2, -0.15) is 0 Å². The van der Waals surface area contributed by atoms with Crippen LogP contribution in [0.1, 0.15) is 6.92 Å². The Bertz CT molecular complexity index is 450. The average Bonchev–Trinajstić information content (AvgIpc) is 2.41. The van der Waals surface area contributed by atoms with Crippen LogP contribution < -0.4 is 5.32 Å². The van der Waals surface area contributed by atoms with E-state index in [1.54, 1.807) is 43.1 Å². The summed E-state index contributed by atoms with van der Waals surface area (Å²) >= 11 is 5.96. The molecule has 1 rings (SSSR count). The molecule has 0 saturated carbocycles. The number of para-hydroxylation sites is 1. The highest BCUT2D eigenvalue weighted by molar-refractivity contribution is 6.33. The van der Waals surface area contributed by atoms with Crippen LogP contribution in [-0.4, -0.2) is 54.4 Å². The summed E-state index contributed by atoms with van der Waals surface area (Å²) in [7, 11) is 1.76. The van der Waals surface area contributed by atoms with E-state index in [9.17, 15) is 15.0 Å². The molecule has 0 unspecified atom stereocenters. The third kappa shape index (κ3) is 5.09. The van der Waals surface area contributed by atoms with Crippen LogP contribution in [0.4, 0.5) is 5.69 Å². The number of hydrogen-bond acceptors (Lipinski definition) is 4. The summed E-state index contributed by atoms with van der Waals surface area (Å²) in [5.74, 6) is -0.196. The number of carbonyl (C=O) groups is 1. The maximum atomic E-state index is 11.9. The fraction of sp³-hybridized carbons (Fsp3) is 0.500. The van der Waals surface area contributed by atoms with Gasteiger partial charge in [-0.1, -0.05) is 30.7 Å². The topological polar surface area (TPSA) is 72.8 Å². The third-order valence-electron chi connectivity index (χ3n) is 2.98. The molecule has 0 aromatic heterocycles. The first kappa shape index (κ1) is 16.9. The Morgan fingerprint density at radius 3 is 2.50 bits per heavy atom. The summed E-state index contributed by atoms with van der Waals surface area (Å²) in [6.45, 7) is 2.05. The smallest absolute Gasteiger partial charge is 0.238 e. The zero-order valence-corrected chi connectivity index (χ0v) is 12.5. The van der Waals surface area contributed by atoms with E-state index in [0.29, 0.717) is 17.3 Å². The fourth-order valence-electron chi connectivity index (χ4n) is 1.86. The molecule has 6 heteroatoms. The predicted molar refractivity (Wildman–Crippen MR) is 79.9 cm³/mol. The summed E-state index contributed by atoms with van der Waals surface area (Å²) in [6.07, 6.45) is 0. The monoisotopic (exact) mass is 300 g/mol. The van der Waals surface area contributed by atoms with E-state index in [1.165, 1.54) is 0 Å². The zero-order valence-electron chi connectivity index (χ0n) is 11.8. The van der Waals surface area contributed by atoms with Crippen LogP contribution in [0.25, 0.3) is 0 Å². The summed E-state index contributed by atoms with van der Waals surface area (Å²) < 4.78 is 0. The van der Waals surface area contributed by atoms with Crippen LogP contribution in [-0.2, 0) is 4.79 Å². The summed E-state index contributed by atoms with van der Waals surface area (Å²) in [5, 5.41) is 21.7. The number of nitrogens with zero attached hydrogens (tertiary/aromatic N) is 1. The number of nitrogens with one attached hydrogen (secondary N) is 1. The van der Waals surface area contributed by atoms with Gasteiger partial charge in [0.05, 0.1) is 30.5 Å². The minimum atomic E-state index is -0.626. The van der Waals surface area contributed by atoms with Crippen LogP contribution in [0.2, 0.25) is 5.02 Å².